The van der Waals surface area contributed by atoms with Crippen molar-refractivity contribution in [2.24, 2.45) is 21.4 Å². The molecule has 0 aromatic heterocycles. The van der Waals surface area contributed by atoms with Crippen molar-refractivity contribution in [1.29, 1.82) is 0 Å². The second-order valence-corrected chi connectivity index (χ2v) is 5.40. The number of nitrogens with two attached hydrogens (primary N) is 2. The Balaban J connectivity index is 0.000000467. The van der Waals surface area contributed by atoms with Gasteiger partial charge in [0.2, 0.25) is 0 Å². The lowest BCUT2D eigenvalue weighted by Crippen LogP contribution is -1.89. The summed E-state index contributed by atoms with van der Waals surface area (Å²) < 4.78 is 0. The van der Waals surface area contributed by atoms with E-state index in [-0.39, 0.29) is 0 Å². The first-order valence-corrected chi connectivity index (χ1v) is 7.27. The van der Waals surface area contributed by atoms with Gasteiger partial charge in [0.05, 0.1) is 0 Å². The summed E-state index contributed by atoms with van der Waals surface area (Å²) in [5.41, 5.74) is 6.47. The number of rotatable bonds is 2. The van der Waals surface area contributed by atoms with E-state index in [0.29, 0.717) is 5.41 Å². The van der Waals surface area contributed by atoms with Gasteiger partial charge in [-0.2, -0.15) is 0 Å². The Labute approximate surface area is 120 Å². The van der Waals surface area contributed by atoms with Gasteiger partial charge in [-0.25, -0.2) is 0 Å². The summed E-state index contributed by atoms with van der Waals surface area (Å²) >= 11 is 1.31. The van der Waals surface area contributed by atoms with Crippen LogP contribution in [0.1, 0.15) is 45.6 Å². The first-order valence-electron chi connectivity index (χ1n) is 6.39. The van der Waals surface area contributed by atoms with Crippen molar-refractivity contribution < 1.29 is 5.21 Å². The average Bonchev–Trinajstić information content (AvgIpc) is 3.10. The average molecular weight is 283 g/mol. The number of oxime groups is 1. The minimum Gasteiger partial charge on any atom is -0.410 e. The Kier molecular flexibility index (Phi) is 8.27. The molecule has 1 saturated carbocycles. The standard InChI is InChI=1S/C11H15NS.C2H6.CH4N2O/c1-11(2)7-10(11)8-3-5-9(13-12)6-4-8;1-2;2-1-3-4/h3-6,10H,7,12H2,1-2H3;1-2H3;1,4H,(H2,2,3). The molecule has 2 rings (SSSR count). The second kappa shape index (κ2) is 8.82. The zero-order valence-corrected chi connectivity index (χ0v) is 12.9. The third-order valence-corrected chi connectivity index (χ3v) is 3.54. The first kappa shape index (κ1) is 17.8. The Bertz CT molecular complexity index is 373. The van der Waals surface area contributed by atoms with Gasteiger partial charge in [0, 0.05) is 4.90 Å². The van der Waals surface area contributed by atoms with Gasteiger partial charge in [-0.1, -0.05) is 45.0 Å². The van der Waals surface area contributed by atoms with Crippen LogP contribution in [-0.4, -0.2) is 11.5 Å². The van der Waals surface area contributed by atoms with Gasteiger partial charge in [0.15, 0.2) is 0 Å². The fourth-order valence-corrected chi connectivity index (χ4v) is 2.11. The molecule has 0 saturated heterocycles. The van der Waals surface area contributed by atoms with E-state index in [2.05, 4.69) is 49.0 Å². The van der Waals surface area contributed by atoms with Crippen LogP contribution in [0.25, 0.3) is 0 Å². The lowest BCUT2D eigenvalue weighted by Gasteiger charge is -2.03. The maximum Gasteiger partial charge on any atom is 0.125 e. The number of nitrogens with zero attached hydrogens (tertiary/aromatic N) is 1. The highest BCUT2D eigenvalue weighted by Crippen LogP contribution is 2.58. The molecule has 4 nitrogen and oxygen atoms in total. The lowest BCUT2D eigenvalue weighted by atomic mass is 10.0. The lowest BCUT2D eigenvalue weighted by molar-refractivity contribution is 0.321. The molecule has 0 radical (unpaired) electrons. The summed E-state index contributed by atoms with van der Waals surface area (Å²) in [5, 5.41) is 15.2. The van der Waals surface area contributed by atoms with Gasteiger partial charge >= 0.3 is 0 Å². The molecule has 0 bridgehead atoms. The van der Waals surface area contributed by atoms with Crippen molar-refractivity contribution in [2.75, 3.05) is 0 Å². The molecule has 5 N–H and O–H groups in total. The Hall–Kier alpha value is -1.20. The monoisotopic (exact) mass is 283 g/mol. The summed E-state index contributed by atoms with van der Waals surface area (Å²) in [4.78, 5) is 1.14. The van der Waals surface area contributed by atoms with E-state index in [0.717, 1.165) is 17.2 Å². The maximum absolute atomic E-state index is 7.32. The van der Waals surface area contributed by atoms with Gasteiger partial charge in [0.25, 0.3) is 0 Å². The minimum atomic E-state index is 0.525. The number of hydrogen-bond donors (Lipinski definition) is 3. The van der Waals surface area contributed by atoms with E-state index in [1.807, 2.05) is 13.8 Å². The van der Waals surface area contributed by atoms with Crippen molar-refractivity contribution in [3.05, 3.63) is 29.8 Å². The molecular weight excluding hydrogens is 258 g/mol. The van der Waals surface area contributed by atoms with E-state index in [9.17, 15) is 0 Å². The van der Waals surface area contributed by atoms with E-state index in [4.69, 9.17) is 10.3 Å². The molecule has 1 aromatic carbocycles. The van der Waals surface area contributed by atoms with Crippen LogP contribution >= 0.6 is 11.9 Å². The third-order valence-electron chi connectivity index (χ3n) is 3.00. The topological polar surface area (TPSA) is 84.6 Å². The highest BCUT2D eigenvalue weighted by molar-refractivity contribution is 7.97. The molecule has 1 unspecified atom stereocenters. The Morgan fingerprint density at radius 1 is 1.32 bits per heavy atom. The number of benzene rings is 1. The zero-order valence-electron chi connectivity index (χ0n) is 12.1. The molecule has 1 fully saturated rings. The van der Waals surface area contributed by atoms with E-state index in [1.165, 1.54) is 23.9 Å². The van der Waals surface area contributed by atoms with Crippen LogP contribution < -0.4 is 10.9 Å². The van der Waals surface area contributed by atoms with Crippen LogP contribution in [-0.2, 0) is 0 Å². The first-order chi connectivity index (χ1) is 9.05. The molecule has 0 amide bonds. The molecule has 0 spiro atoms. The van der Waals surface area contributed by atoms with Crippen LogP contribution in [0, 0.1) is 5.41 Å². The summed E-state index contributed by atoms with van der Waals surface area (Å²) in [6.07, 6.45) is 2.13. The van der Waals surface area contributed by atoms with Gasteiger partial charge in [-0.05, 0) is 47.4 Å². The van der Waals surface area contributed by atoms with Crippen LogP contribution in [0.4, 0.5) is 0 Å². The quantitative estimate of drug-likeness (QED) is 0.255. The fourth-order valence-electron chi connectivity index (χ4n) is 1.81. The summed E-state index contributed by atoms with van der Waals surface area (Å²) in [6.45, 7) is 8.65. The summed E-state index contributed by atoms with van der Waals surface area (Å²) in [7, 11) is 0. The normalized spacial score (nSPS) is 18.9. The van der Waals surface area contributed by atoms with Crippen molar-refractivity contribution in [1.82, 2.24) is 0 Å². The predicted octanol–water partition coefficient (Wildman–Crippen LogP) is 3.55. The van der Waals surface area contributed by atoms with Crippen LogP contribution in [0.2, 0.25) is 0 Å². The van der Waals surface area contributed by atoms with E-state index >= 15 is 0 Å². The summed E-state index contributed by atoms with van der Waals surface area (Å²) in [5.74, 6) is 0.768. The molecule has 1 aromatic rings. The van der Waals surface area contributed by atoms with Gasteiger partial charge < -0.3 is 10.9 Å². The molecule has 19 heavy (non-hydrogen) atoms. The van der Waals surface area contributed by atoms with Crippen molar-refractivity contribution in [3.8, 4) is 0 Å². The van der Waals surface area contributed by atoms with Gasteiger partial charge in [0.1, 0.15) is 6.34 Å². The smallest absolute Gasteiger partial charge is 0.125 e. The third kappa shape index (κ3) is 5.98. The van der Waals surface area contributed by atoms with E-state index < -0.39 is 0 Å². The zero-order chi connectivity index (χ0) is 14.9. The number of hydrogen-bond acceptors (Lipinski definition) is 4. The second-order valence-electron chi connectivity index (χ2n) is 4.70. The van der Waals surface area contributed by atoms with Gasteiger partial charge in [-0.15, -0.1) is 0 Å². The summed E-state index contributed by atoms with van der Waals surface area (Å²) in [6, 6.07) is 8.62. The molecular formula is C14H25N3OS. The molecule has 0 aliphatic heterocycles. The SMILES string of the molecule is CC.CC1(C)CC1c1ccc(SN)cc1.N/C=N\O. The largest absolute Gasteiger partial charge is 0.410 e. The van der Waals surface area contributed by atoms with Crippen LogP contribution in [0.5, 0.6) is 0 Å². The Morgan fingerprint density at radius 3 is 2.00 bits per heavy atom. The molecule has 1 aliphatic carbocycles. The van der Waals surface area contributed by atoms with Crippen molar-refractivity contribution in [3.63, 3.8) is 0 Å². The molecule has 0 heterocycles. The van der Waals surface area contributed by atoms with E-state index in [1.54, 1.807) is 0 Å². The molecule has 108 valence electrons. The van der Waals surface area contributed by atoms with Crippen LogP contribution in [0.3, 0.4) is 0 Å². The highest BCUT2D eigenvalue weighted by Gasteiger charge is 2.46. The molecule has 1 atom stereocenters. The Morgan fingerprint density at radius 2 is 1.74 bits per heavy atom. The van der Waals surface area contributed by atoms with Crippen molar-refractivity contribution in [2.45, 2.75) is 44.9 Å². The minimum absolute atomic E-state index is 0.525. The fraction of sp³-hybridized carbons (Fsp3) is 0.500. The van der Waals surface area contributed by atoms with Crippen LogP contribution in [0.15, 0.2) is 34.3 Å². The van der Waals surface area contributed by atoms with Gasteiger partial charge in [-0.3, -0.25) is 5.14 Å². The predicted molar refractivity (Wildman–Crippen MR) is 83.4 cm³/mol. The molecule has 1 aliphatic rings. The molecule has 5 heteroatoms. The van der Waals surface area contributed by atoms with Crippen molar-refractivity contribution >= 4 is 18.3 Å². The maximum atomic E-state index is 7.32. The highest BCUT2D eigenvalue weighted by atomic mass is 32.2.